The Labute approximate surface area is 126 Å². The van der Waals surface area contributed by atoms with Crippen molar-refractivity contribution in [2.75, 3.05) is 5.32 Å². The van der Waals surface area contributed by atoms with Crippen LogP contribution in [-0.2, 0) is 4.79 Å². The molecule has 22 heavy (non-hydrogen) atoms. The molecule has 2 aromatic rings. The smallest absolute Gasteiger partial charge is 0.270 e. The maximum Gasteiger partial charge on any atom is 0.270 e. The summed E-state index contributed by atoms with van der Waals surface area (Å²) in [6.45, 7) is 1.63. The van der Waals surface area contributed by atoms with Gasteiger partial charge in [-0.15, -0.1) is 0 Å². The summed E-state index contributed by atoms with van der Waals surface area (Å²) in [6.07, 6.45) is 2.68. The molecule has 0 atom stereocenters. The second-order valence-electron chi connectivity index (χ2n) is 4.64. The first-order valence-electron chi connectivity index (χ1n) is 6.45. The number of benzene rings is 2. The fraction of sp³-hybridized carbons (Fsp3) is 0.0625. The maximum absolute atomic E-state index is 13.4. The minimum atomic E-state index is -0.507. The zero-order valence-electron chi connectivity index (χ0n) is 11.7. The van der Waals surface area contributed by atoms with E-state index < -0.39 is 16.6 Å². The van der Waals surface area contributed by atoms with Crippen LogP contribution in [0.5, 0.6) is 0 Å². The quantitative estimate of drug-likeness (QED) is 0.531. The van der Waals surface area contributed by atoms with Crippen LogP contribution in [0.2, 0.25) is 0 Å². The normalized spacial score (nSPS) is 10.6. The number of nitrogens with one attached hydrogen (secondary N) is 1. The summed E-state index contributed by atoms with van der Waals surface area (Å²) in [5.74, 6) is -0.852. The highest BCUT2D eigenvalue weighted by molar-refractivity contribution is 6.01. The van der Waals surface area contributed by atoms with Gasteiger partial charge < -0.3 is 5.32 Å². The van der Waals surface area contributed by atoms with Crippen molar-refractivity contribution in [2.45, 2.75) is 6.92 Å². The molecular weight excluding hydrogens is 287 g/mol. The number of nitro groups is 1. The topological polar surface area (TPSA) is 72.2 Å². The highest BCUT2D eigenvalue weighted by atomic mass is 19.1. The summed E-state index contributed by atoms with van der Waals surface area (Å²) in [4.78, 5) is 21.9. The Kier molecular flexibility index (Phi) is 4.63. The summed E-state index contributed by atoms with van der Waals surface area (Å²) >= 11 is 0. The third-order valence-electron chi connectivity index (χ3n) is 2.95. The van der Waals surface area contributed by atoms with E-state index >= 15 is 0 Å². The molecular formula is C16H13FN2O3. The van der Waals surface area contributed by atoms with Gasteiger partial charge in [-0.25, -0.2) is 4.39 Å². The van der Waals surface area contributed by atoms with E-state index in [0.29, 0.717) is 16.8 Å². The van der Waals surface area contributed by atoms with E-state index in [4.69, 9.17) is 0 Å². The molecule has 0 saturated heterocycles. The number of hydrogen-bond donors (Lipinski definition) is 1. The van der Waals surface area contributed by atoms with Crippen molar-refractivity contribution in [3.05, 3.63) is 75.6 Å². The third kappa shape index (κ3) is 3.99. The fourth-order valence-electron chi connectivity index (χ4n) is 1.77. The summed E-state index contributed by atoms with van der Waals surface area (Å²) in [5.41, 5.74) is 1.31. The number of amides is 1. The van der Waals surface area contributed by atoms with Gasteiger partial charge in [0.1, 0.15) is 5.82 Å². The van der Waals surface area contributed by atoms with Crippen molar-refractivity contribution in [1.29, 1.82) is 0 Å². The molecule has 0 radical (unpaired) electrons. The van der Waals surface area contributed by atoms with E-state index in [9.17, 15) is 19.3 Å². The van der Waals surface area contributed by atoms with Crippen molar-refractivity contribution in [1.82, 2.24) is 0 Å². The van der Waals surface area contributed by atoms with E-state index in [0.717, 1.165) is 0 Å². The van der Waals surface area contributed by atoms with Crippen LogP contribution in [0, 0.1) is 22.9 Å². The molecule has 0 heterocycles. The molecule has 0 spiro atoms. The standard InChI is InChI=1S/C16H13FN2O3/c1-11-5-7-13(10-15(11)17)18-16(20)8-6-12-3-2-4-14(9-12)19(21)22/h2-10H,1H3,(H,18,20)/b8-6+. The number of rotatable bonds is 4. The molecule has 2 rings (SSSR count). The van der Waals surface area contributed by atoms with Crippen LogP contribution in [0.25, 0.3) is 6.08 Å². The number of nitrogens with zero attached hydrogens (tertiary/aromatic N) is 1. The lowest BCUT2D eigenvalue weighted by Gasteiger charge is -2.03. The van der Waals surface area contributed by atoms with Crippen LogP contribution in [0.3, 0.4) is 0 Å². The average molecular weight is 300 g/mol. The van der Waals surface area contributed by atoms with Crippen molar-refractivity contribution >= 4 is 23.4 Å². The number of hydrogen-bond acceptors (Lipinski definition) is 3. The molecule has 0 saturated carbocycles. The molecule has 5 nitrogen and oxygen atoms in total. The second kappa shape index (κ2) is 6.62. The molecule has 1 N–H and O–H groups in total. The van der Waals surface area contributed by atoms with Crippen LogP contribution in [-0.4, -0.2) is 10.8 Å². The van der Waals surface area contributed by atoms with Crippen LogP contribution in [0.1, 0.15) is 11.1 Å². The van der Waals surface area contributed by atoms with Crippen LogP contribution in [0.4, 0.5) is 15.8 Å². The Morgan fingerprint density at radius 2 is 2.05 bits per heavy atom. The van der Waals surface area contributed by atoms with E-state index in [1.165, 1.54) is 36.4 Å². The monoisotopic (exact) mass is 300 g/mol. The number of halogens is 1. The van der Waals surface area contributed by atoms with Crippen LogP contribution < -0.4 is 5.32 Å². The van der Waals surface area contributed by atoms with Gasteiger partial charge >= 0.3 is 0 Å². The van der Waals surface area contributed by atoms with Gasteiger partial charge in [0.05, 0.1) is 4.92 Å². The number of carbonyl (C=O) groups is 1. The summed E-state index contributed by atoms with van der Waals surface area (Å²) in [6, 6.07) is 10.3. The fourth-order valence-corrected chi connectivity index (χ4v) is 1.77. The van der Waals surface area contributed by atoms with E-state index in [-0.39, 0.29) is 5.69 Å². The van der Waals surface area contributed by atoms with E-state index in [2.05, 4.69) is 5.32 Å². The lowest BCUT2D eigenvalue weighted by molar-refractivity contribution is -0.384. The molecule has 0 bridgehead atoms. The summed E-state index contributed by atoms with van der Waals surface area (Å²) in [5, 5.41) is 13.2. The van der Waals surface area contributed by atoms with E-state index in [1.807, 2.05) is 0 Å². The van der Waals surface area contributed by atoms with Gasteiger partial charge in [0, 0.05) is 23.9 Å². The van der Waals surface area contributed by atoms with Crippen molar-refractivity contribution in [3.63, 3.8) is 0 Å². The first-order chi connectivity index (χ1) is 10.5. The predicted molar refractivity (Wildman–Crippen MR) is 81.9 cm³/mol. The van der Waals surface area contributed by atoms with E-state index in [1.54, 1.807) is 25.1 Å². The van der Waals surface area contributed by atoms with Crippen LogP contribution >= 0.6 is 0 Å². The zero-order valence-corrected chi connectivity index (χ0v) is 11.7. The Morgan fingerprint density at radius 1 is 1.27 bits per heavy atom. The first kappa shape index (κ1) is 15.4. The second-order valence-corrected chi connectivity index (χ2v) is 4.64. The Balaban J connectivity index is 2.06. The SMILES string of the molecule is Cc1ccc(NC(=O)/C=C/c2cccc([N+](=O)[O-])c2)cc1F. The minimum Gasteiger partial charge on any atom is -0.322 e. The van der Waals surface area contributed by atoms with Gasteiger partial charge in [-0.2, -0.15) is 0 Å². The lowest BCUT2D eigenvalue weighted by Crippen LogP contribution is -2.08. The number of non-ortho nitro benzene ring substituents is 1. The largest absolute Gasteiger partial charge is 0.322 e. The van der Waals surface area contributed by atoms with Gasteiger partial charge in [0.15, 0.2) is 0 Å². The Bertz CT molecular complexity index is 757. The average Bonchev–Trinajstić information content (AvgIpc) is 2.49. The minimum absolute atomic E-state index is 0.0526. The highest BCUT2D eigenvalue weighted by Crippen LogP contribution is 2.15. The number of nitro benzene ring substituents is 1. The van der Waals surface area contributed by atoms with Gasteiger partial charge in [0.2, 0.25) is 5.91 Å². The molecule has 0 unspecified atom stereocenters. The van der Waals surface area contributed by atoms with Gasteiger partial charge in [-0.05, 0) is 36.3 Å². The lowest BCUT2D eigenvalue weighted by atomic mass is 10.2. The summed E-state index contributed by atoms with van der Waals surface area (Å²) < 4.78 is 13.4. The Morgan fingerprint density at radius 3 is 2.73 bits per heavy atom. The molecule has 0 aliphatic heterocycles. The van der Waals surface area contributed by atoms with Gasteiger partial charge in [-0.3, -0.25) is 14.9 Å². The summed E-state index contributed by atoms with van der Waals surface area (Å²) in [7, 11) is 0. The first-order valence-corrected chi connectivity index (χ1v) is 6.45. The van der Waals surface area contributed by atoms with Crippen molar-refractivity contribution < 1.29 is 14.1 Å². The molecule has 0 aliphatic rings. The van der Waals surface area contributed by atoms with Crippen molar-refractivity contribution in [3.8, 4) is 0 Å². The molecule has 2 aromatic carbocycles. The van der Waals surface area contributed by atoms with Crippen molar-refractivity contribution in [2.24, 2.45) is 0 Å². The number of carbonyl (C=O) groups excluding carboxylic acids is 1. The molecule has 0 aliphatic carbocycles. The molecule has 1 amide bonds. The third-order valence-corrected chi connectivity index (χ3v) is 2.95. The predicted octanol–water partition coefficient (Wildman–Crippen LogP) is 3.69. The molecule has 0 aromatic heterocycles. The molecule has 6 heteroatoms. The highest BCUT2D eigenvalue weighted by Gasteiger charge is 2.05. The molecule has 0 fully saturated rings. The van der Waals surface area contributed by atoms with Gasteiger partial charge in [0.25, 0.3) is 5.69 Å². The van der Waals surface area contributed by atoms with Gasteiger partial charge in [-0.1, -0.05) is 18.2 Å². The van der Waals surface area contributed by atoms with Crippen LogP contribution in [0.15, 0.2) is 48.5 Å². The maximum atomic E-state index is 13.4. The Hall–Kier alpha value is -3.02. The molecule has 112 valence electrons. The number of aryl methyl sites for hydroxylation is 1. The zero-order chi connectivity index (χ0) is 16.1. The number of anilines is 1.